The third-order valence-corrected chi connectivity index (χ3v) is 5.28. The fraction of sp³-hybridized carbons (Fsp3) is 0.130. The smallest absolute Gasteiger partial charge is 0.274 e. The lowest BCUT2D eigenvalue weighted by Gasteiger charge is -2.21. The molecular formula is C23H20ClN5O2. The van der Waals surface area contributed by atoms with Crippen molar-refractivity contribution in [3.05, 3.63) is 93.3 Å². The molecule has 1 unspecified atom stereocenters. The molecule has 7 nitrogen and oxygen atoms in total. The molecule has 0 aliphatic heterocycles. The summed E-state index contributed by atoms with van der Waals surface area (Å²) in [6.07, 6.45) is 1.50. The van der Waals surface area contributed by atoms with E-state index >= 15 is 0 Å². The predicted octanol–water partition coefficient (Wildman–Crippen LogP) is 3.82. The first-order valence-corrected chi connectivity index (χ1v) is 10.0. The van der Waals surface area contributed by atoms with Gasteiger partial charge < -0.3 is 11.1 Å². The second-order valence-electron chi connectivity index (χ2n) is 7.19. The van der Waals surface area contributed by atoms with E-state index in [-0.39, 0.29) is 17.1 Å². The molecule has 0 aliphatic carbocycles. The molecule has 1 amide bonds. The fourth-order valence-corrected chi connectivity index (χ4v) is 3.76. The summed E-state index contributed by atoms with van der Waals surface area (Å²) in [5, 5.41) is 4.37. The number of carbonyl (C=O) groups is 1. The Morgan fingerprint density at radius 1 is 1.16 bits per heavy atom. The van der Waals surface area contributed by atoms with Crippen LogP contribution < -0.4 is 16.6 Å². The van der Waals surface area contributed by atoms with Crippen molar-refractivity contribution in [1.82, 2.24) is 19.9 Å². The first-order valence-electron chi connectivity index (χ1n) is 9.66. The molecule has 0 fully saturated rings. The zero-order chi connectivity index (χ0) is 22.1. The lowest BCUT2D eigenvalue weighted by atomic mass is 10.1. The second kappa shape index (κ2) is 8.20. The zero-order valence-corrected chi connectivity index (χ0v) is 17.7. The van der Waals surface area contributed by atoms with Crippen LogP contribution >= 0.6 is 11.6 Å². The number of amides is 1. The molecule has 0 spiro atoms. The van der Waals surface area contributed by atoms with Gasteiger partial charge in [0.25, 0.3) is 11.5 Å². The number of fused-ring (bicyclic) bond motifs is 1. The number of nitrogens with one attached hydrogen (secondary N) is 1. The van der Waals surface area contributed by atoms with Gasteiger partial charge in [0.15, 0.2) is 11.5 Å². The minimum atomic E-state index is -0.537. The first-order chi connectivity index (χ1) is 14.9. The number of rotatable bonds is 4. The highest BCUT2D eigenvalue weighted by molar-refractivity contribution is 6.35. The number of anilines is 1. The zero-order valence-electron chi connectivity index (χ0n) is 17.0. The Hall–Kier alpha value is -3.71. The van der Waals surface area contributed by atoms with Crippen LogP contribution in [0, 0.1) is 6.92 Å². The molecule has 0 bridgehead atoms. The van der Waals surface area contributed by atoms with Gasteiger partial charge in [0.1, 0.15) is 0 Å². The van der Waals surface area contributed by atoms with E-state index < -0.39 is 11.9 Å². The molecule has 4 rings (SSSR count). The SMILES string of the molecule is Cc1cnc(N)c(C(=O)NC(C)c2cc3cccc(Cl)c3c(=O)n2-c2ccccc2)n1. The van der Waals surface area contributed by atoms with Gasteiger partial charge in [-0.1, -0.05) is 41.9 Å². The van der Waals surface area contributed by atoms with Crippen LogP contribution in [-0.4, -0.2) is 20.4 Å². The van der Waals surface area contributed by atoms with E-state index in [1.54, 1.807) is 30.5 Å². The average Bonchev–Trinajstić information content (AvgIpc) is 2.75. The topological polar surface area (TPSA) is 103 Å². The number of pyridine rings is 1. The summed E-state index contributed by atoms with van der Waals surface area (Å²) in [6.45, 7) is 3.52. The summed E-state index contributed by atoms with van der Waals surface area (Å²) in [4.78, 5) is 34.5. The van der Waals surface area contributed by atoms with E-state index in [1.807, 2.05) is 42.5 Å². The molecule has 0 saturated heterocycles. The van der Waals surface area contributed by atoms with E-state index in [0.717, 1.165) is 0 Å². The van der Waals surface area contributed by atoms with Crippen molar-refractivity contribution < 1.29 is 4.79 Å². The number of carbonyl (C=O) groups excluding carboxylic acids is 1. The lowest BCUT2D eigenvalue weighted by Crippen LogP contribution is -2.33. The largest absolute Gasteiger partial charge is 0.382 e. The van der Waals surface area contributed by atoms with Gasteiger partial charge in [-0.2, -0.15) is 0 Å². The van der Waals surface area contributed by atoms with E-state index in [1.165, 1.54) is 6.20 Å². The Morgan fingerprint density at radius 3 is 2.65 bits per heavy atom. The monoisotopic (exact) mass is 433 g/mol. The molecule has 8 heteroatoms. The summed E-state index contributed by atoms with van der Waals surface area (Å²) in [7, 11) is 0. The minimum absolute atomic E-state index is 0.0426. The standard InChI is InChI=1S/C23H20ClN5O2/c1-13-12-26-21(25)20(27-13)22(30)28-14(2)18-11-15-7-6-10-17(24)19(15)23(31)29(18)16-8-4-3-5-9-16/h3-12,14H,1-2H3,(H2,25,26)(H,28,30). The van der Waals surface area contributed by atoms with Crippen molar-refractivity contribution in [1.29, 1.82) is 0 Å². The highest BCUT2D eigenvalue weighted by Gasteiger charge is 2.21. The third kappa shape index (κ3) is 3.87. The second-order valence-corrected chi connectivity index (χ2v) is 7.60. The molecule has 2 aromatic carbocycles. The van der Waals surface area contributed by atoms with Crippen LogP contribution in [0.3, 0.4) is 0 Å². The Kier molecular flexibility index (Phi) is 5.44. The van der Waals surface area contributed by atoms with Crippen LogP contribution in [0.2, 0.25) is 5.02 Å². The molecule has 156 valence electrons. The normalized spacial score (nSPS) is 12.0. The van der Waals surface area contributed by atoms with Gasteiger partial charge in [-0.25, -0.2) is 9.97 Å². The van der Waals surface area contributed by atoms with Gasteiger partial charge in [-0.3, -0.25) is 14.2 Å². The number of hydrogen-bond donors (Lipinski definition) is 2. The van der Waals surface area contributed by atoms with Gasteiger partial charge >= 0.3 is 0 Å². The molecule has 0 aliphatic rings. The number of aryl methyl sites for hydroxylation is 1. The van der Waals surface area contributed by atoms with Crippen molar-refractivity contribution in [3.63, 3.8) is 0 Å². The number of nitrogens with two attached hydrogens (primary N) is 1. The number of nitrogens with zero attached hydrogens (tertiary/aromatic N) is 3. The average molecular weight is 434 g/mol. The van der Waals surface area contributed by atoms with Crippen LogP contribution in [-0.2, 0) is 0 Å². The quantitative estimate of drug-likeness (QED) is 0.509. The van der Waals surface area contributed by atoms with E-state index in [9.17, 15) is 9.59 Å². The number of hydrogen-bond acceptors (Lipinski definition) is 5. The van der Waals surface area contributed by atoms with Crippen molar-refractivity contribution >= 4 is 34.1 Å². The molecule has 0 radical (unpaired) electrons. The Labute approximate surface area is 183 Å². The van der Waals surface area contributed by atoms with Crippen molar-refractivity contribution in [2.45, 2.75) is 19.9 Å². The van der Waals surface area contributed by atoms with Gasteiger partial charge in [0.05, 0.1) is 28.3 Å². The Morgan fingerprint density at radius 2 is 1.90 bits per heavy atom. The lowest BCUT2D eigenvalue weighted by molar-refractivity contribution is 0.0934. The van der Waals surface area contributed by atoms with Crippen LogP contribution in [0.25, 0.3) is 16.5 Å². The summed E-state index contributed by atoms with van der Waals surface area (Å²) >= 11 is 6.34. The summed E-state index contributed by atoms with van der Waals surface area (Å²) < 4.78 is 1.56. The highest BCUT2D eigenvalue weighted by Crippen LogP contribution is 2.25. The maximum atomic E-state index is 13.5. The van der Waals surface area contributed by atoms with Gasteiger partial charge in [-0.15, -0.1) is 0 Å². The molecule has 4 aromatic rings. The van der Waals surface area contributed by atoms with Crippen molar-refractivity contribution in [2.24, 2.45) is 0 Å². The van der Waals surface area contributed by atoms with E-state index in [0.29, 0.717) is 32.9 Å². The van der Waals surface area contributed by atoms with Crippen LogP contribution in [0.15, 0.2) is 65.6 Å². The summed E-state index contributed by atoms with van der Waals surface area (Å²) in [6, 6.07) is 15.8. The van der Waals surface area contributed by atoms with Crippen molar-refractivity contribution in [3.8, 4) is 5.69 Å². The maximum absolute atomic E-state index is 13.5. The molecule has 2 aromatic heterocycles. The number of para-hydroxylation sites is 1. The van der Waals surface area contributed by atoms with E-state index in [2.05, 4.69) is 15.3 Å². The molecule has 2 heterocycles. The molecule has 3 N–H and O–H groups in total. The fourth-order valence-electron chi connectivity index (χ4n) is 3.49. The van der Waals surface area contributed by atoms with Crippen LogP contribution in [0.5, 0.6) is 0 Å². The first kappa shape index (κ1) is 20.6. The molecule has 31 heavy (non-hydrogen) atoms. The Balaban J connectivity index is 1.85. The van der Waals surface area contributed by atoms with Crippen LogP contribution in [0.4, 0.5) is 5.82 Å². The summed E-state index contributed by atoms with van der Waals surface area (Å²) in [5.41, 5.74) is 7.46. The minimum Gasteiger partial charge on any atom is -0.382 e. The van der Waals surface area contributed by atoms with Gasteiger partial charge in [0, 0.05) is 11.4 Å². The Bertz CT molecular complexity index is 1350. The third-order valence-electron chi connectivity index (χ3n) is 4.97. The number of aromatic nitrogens is 3. The molecular weight excluding hydrogens is 414 g/mol. The molecule has 1 atom stereocenters. The van der Waals surface area contributed by atoms with Gasteiger partial charge in [-0.05, 0) is 43.5 Å². The molecule has 0 saturated carbocycles. The number of halogens is 1. The highest BCUT2D eigenvalue weighted by atomic mass is 35.5. The number of nitrogen functional groups attached to an aromatic ring is 1. The van der Waals surface area contributed by atoms with Crippen molar-refractivity contribution in [2.75, 3.05) is 5.73 Å². The predicted molar refractivity (Wildman–Crippen MR) is 122 cm³/mol. The van der Waals surface area contributed by atoms with E-state index in [4.69, 9.17) is 17.3 Å². The maximum Gasteiger partial charge on any atom is 0.274 e. The summed E-state index contributed by atoms with van der Waals surface area (Å²) in [5.74, 6) is -0.430. The number of benzene rings is 2. The van der Waals surface area contributed by atoms with Gasteiger partial charge in [0.2, 0.25) is 0 Å². The van der Waals surface area contributed by atoms with Crippen LogP contribution in [0.1, 0.15) is 34.8 Å².